The minimum absolute atomic E-state index is 0.0174. The molecule has 2 aromatic carbocycles. The average molecular weight is 481 g/mol. The minimum Gasteiger partial charge on any atom is -0.507 e. The number of likely N-dealkylation sites (tertiary alicyclic amines) is 1. The second-order valence-electron chi connectivity index (χ2n) is 8.56. The number of ether oxygens (including phenoxy) is 1. The fraction of sp³-hybridized carbons (Fsp3) is 0.138. The zero-order valence-corrected chi connectivity index (χ0v) is 19.6. The number of benzene rings is 2. The number of Topliss-reactive ketones (excluding diaryl/α,β-unsaturated/α-hetero) is 1. The van der Waals surface area contributed by atoms with Gasteiger partial charge in [0.2, 0.25) is 0 Å². The maximum absolute atomic E-state index is 13.1. The van der Waals surface area contributed by atoms with Crippen LogP contribution >= 0.6 is 0 Å². The molecule has 1 aliphatic rings. The maximum atomic E-state index is 13.1. The lowest BCUT2D eigenvalue weighted by Gasteiger charge is -2.23. The van der Waals surface area contributed by atoms with Gasteiger partial charge in [0, 0.05) is 24.5 Å². The summed E-state index contributed by atoms with van der Waals surface area (Å²) in [5, 5.41) is 11.3. The van der Waals surface area contributed by atoms with Crippen molar-refractivity contribution in [2.45, 2.75) is 26.1 Å². The molecule has 0 bridgehead atoms. The molecule has 0 aliphatic carbocycles. The predicted octanol–water partition coefficient (Wildman–Crippen LogP) is 5.18. The van der Waals surface area contributed by atoms with Crippen LogP contribution in [0.4, 0.5) is 0 Å². The number of aromatic nitrogens is 1. The molecule has 1 aliphatic heterocycles. The summed E-state index contributed by atoms with van der Waals surface area (Å²) in [6.07, 6.45) is 4.75. The highest BCUT2D eigenvalue weighted by Crippen LogP contribution is 2.40. The van der Waals surface area contributed by atoms with E-state index in [4.69, 9.17) is 9.15 Å². The summed E-state index contributed by atoms with van der Waals surface area (Å²) in [5.74, 6) is -0.684. The lowest BCUT2D eigenvalue weighted by molar-refractivity contribution is -0.140. The van der Waals surface area contributed by atoms with Crippen molar-refractivity contribution in [1.82, 2.24) is 9.88 Å². The van der Waals surface area contributed by atoms with Gasteiger partial charge in [0.05, 0.1) is 11.8 Å². The molecule has 0 radical (unpaired) electrons. The van der Waals surface area contributed by atoms with Crippen LogP contribution in [0, 0.1) is 6.92 Å². The number of amides is 1. The van der Waals surface area contributed by atoms with E-state index in [9.17, 15) is 14.7 Å². The Labute approximate surface area is 208 Å². The fourth-order valence-electron chi connectivity index (χ4n) is 4.32. The van der Waals surface area contributed by atoms with E-state index in [0.29, 0.717) is 23.7 Å². The van der Waals surface area contributed by atoms with Gasteiger partial charge < -0.3 is 19.2 Å². The molecule has 1 atom stereocenters. The summed E-state index contributed by atoms with van der Waals surface area (Å²) in [6.45, 7) is 2.42. The molecule has 0 spiro atoms. The van der Waals surface area contributed by atoms with Gasteiger partial charge in [-0.1, -0.05) is 36.4 Å². The molecule has 1 N–H and O–H groups in total. The van der Waals surface area contributed by atoms with Gasteiger partial charge in [0.1, 0.15) is 29.9 Å². The highest BCUT2D eigenvalue weighted by atomic mass is 16.5. The van der Waals surface area contributed by atoms with Gasteiger partial charge in [-0.05, 0) is 60.0 Å². The van der Waals surface area contributed by atoms with Gasteiger partial charge >= 0.3 is 0 Å². The van der Waals surface area contributed by atoms with Crippen molar-refractivity contribution in [2.24, 2.45) is 0 Å². The van der Waals surface area contributed by atoms with Gasteiger partial charge in [-0.3, -0.25) is 14.6 Å². The number of pyridine rings is 1. The number of aliphatic hydroxyl groups is 1. The Morgan fingerprint density at radius 3 is 2.53 bits per heavy atom. The molecule has 2 aromatic heterocycles. The molecule has 1 fully saturated rings. The molecule has 7 heteroatoms. The van der Waals surface area contributed by atoms with Crippen LogP contribution in [0.2, 0.25) is 0 Å². The zero-order chi connectivity index (χ0) is 25.1. The monoisotopic (exact) mass is 480 g/mol. The summed E-state index contributed by atoms with van der Waals surface area (Å²) >= 11 is 0. The van der Waals surface area contributed by atoms with Gasteiger partial charge in [0.15, 0.2) is 0 Å². The van der Waals surface area contributed by atoms with Crippen LogP contribution in [-0.4, -0.2) is 26.7 Å². The number of hydrogen-bond acceptors (Lipinski definition) is 6. The van der Waals surface area contributed by atoms with E-state index in [-0.39, 0.29) is 17.9 Å². The smallest absolute Gasteiger partial charge is 0.296 e. The van der Waals surface area contributed by atoms with Crippen molar-refractivity contribution in [1.29, 1.82) is 0 Å². The number of aryl methyl sites for hydroxylation is 1. The molecule has 36 heavy (non-hydrogen) atoms. The molecule has 1 unspecified atom stereocenters. The number of carbonyl (C=O) groups excluding carboxylic acids is 2. The quantitative estimate of drug-likeness (QED) is 0.222. The molecule has 1 amide bonds. The summed E-state index contributed by atoms with van der Waals surface area (Å²) < 4.78 is 11.5. The van der Waals surface area contributed by atoms with Gasteiger partial charge in [-0.2, -0.15) is 0 Å². The third kappa shape index (κ3) is 4.51. The van der Waals surface area contributed by atoms with E-state index < -0.39 is 17.7 Å². The number of ketones is 1. The van der Waals surface area contributed by atoms with E-state index in [0.717, 1.165) is 16.7 Å². The Morgan fingerprint density at radius 2 is 1.83 bits per heavy atom. The van der Waals surface area contributed by atoms with Crippen molar-refractivity contribution >= 4 is 17.4 Å². The molecule has 4 aromatic rings. The van der Waals surface area contributed by atoms with Crippen LogP contribution in [0.25, 0.3) is 5.76 Å². The van der Waals surface area contributed by atoms with E-state index >= 15 is 0 Å². The second-order valence-corrected chi connectivity index (χ2v) is 8.56. The largest absolute Gasteiger partial charge is 0.507 e. The Kier molecular flexibility index (Phi) is 6.36. The number of hydrogen-bond donors (Lipinski definition) is 1. The van der Waals surface area contributed by atoms with E-state index in [1.54, 1.807) is 48.8 Å². The van der Waals surface area contributed by atoms with Crippen molar-refractivity contribution in [3.05, 3.63) is 125 Å². The van der Waals surface area contributed by atoms with Gasteiger partial charge in [0.25, 0.3) is 11.7 Å². The first-order chi connectivity index (χ1) is 17.5. The van der Waals surface area contributed by atoms with Crippen LogP contribution in [0.15, 0.2) is 101 Å². The Balaban J connectivity index is 1.48. The third-order valence-corrected chi connectivity index (χ3v) is 6.11. The first-order valence-corrected chi connectivity index (χ1v) is 11.5. The summed E-state index contributed by atoms with van der Waals surface area (Å²) in [5.41, 5.74) is 2.98. The van der Waals surface area contributed by atoms with Crippen LogP contribution < -0.4 is 4.74 Å². The fourth-order valence-corrected chi connectivity index (χ4v) is 4.32. The summed E-state index contributed by atoms with van der Waals surface area (Å²) in [6, 6.07) is 21.1. The van der Waals surface area contributed by atoms with E-state index in [1.165, 1.54) is 11.2 Å². The first kappa shape index (κ1) is 23.1. The Morgan fingerprint density at radius 1 is 1.03 bits per heavy atom. The lowest BCUT2D eigenvalue weighted by Crippen LogP contribution is -2.29. The van der Waals surface area contributed by atoms with Gasteiger partial charge in [-0.15, -0.1) is 0 Å². The van der Waals surface area contributed by atoms with Crippen molar-refractivity contribution in [3.8, 4) is 5.75 Å². The molecule has 1 saturated heterocycles. The average Bonchev–Trinajstić information content (AvgIpc) is 3.52. The zero-order valence-electron chi connectivity index (χ0n) is 19.6. The molecule has 7 nitrogen and oxygen atoms in total. The number of furan rings is 1. The molecule has 3 heterocycles. The van der Waals surface area contributed by atoms with E-state index in [1.807, 2.05) is 43.3 Å². The Bertz CT molecular complexity index is 1410. The van der Waals surface area contributed by atoms with Crippen molar-refractivity contribution < 1.29 is 23.8 Å². The molecular formula is C29H24N2O5. The van der Waals surface area contributed by atoms with Crippen LogP contribution in [0.1, 0.15) is 34.1 Å². The summed E-state index contributed by atoms with van der Waals surface area (Å²) in [4.78, 5) is 31.7. The number of carbonyl (C=O) groups is 2. The number of rotatable bonds is 7. The molecule has 180 valence electrons. The highest BCUT2D eigenvalue weighted by Gasteiger charge is 2.47. The SMILES string of the molecule is Cc1cc(/C(O)=C2/C(=O)C(=O)N(Cc3cccnc3)C2c2ccco2)ccc1OCc1ccccc1. The lowest BCUT2D eigenvalue weighted by atomic mass is 9.98. The van der Waals surface area contributed by atoms with Crippen LogP contribution in [0.5, 0.6) is 5.75 Å². The Hall–Kier alpha value is -4.65. The first-order valence-electron chi connectivity index (χ1n) is 11.5. The molecule has 0 saturated carbocycles. The topological polar surface area (TPSA) is 92.9 Å². The second kappa shape index (κ2) is 9.92. The maximum Gasteiger partial charge on any atom is 0.296 e. The number of nitrogens with zero attached hydrogens (tertiary/aromatic N) is 2. The molecular weight excluding hydrogens is 456 g/mol. The number of aliphatic hydroxyl groups excluding tert-OH is 1. The van der Waals surface area contributed by atoms with Gasteiger partial charge in [-0.25, -0.2) is 0 Å². The van der Waals surface area contributed by atoms with E-state index in [2.05, 4.69) is 4.98 Å². The normalized spacial score (nSPS) is 16.9. The van der Waals surface area contributed by atoms with Crippen molar-refractivity contribution in [3.63, 3.8) is 0 Å². The third-order valence-electron chi connectivity index (χ3n) is 6.11. The molecule has 5 rings (SSSR count). The minimum atomic E-state index is -0.866. The highest BCUT2D eigenvalue weighted by molar-refractivity contribution is 6.46. The van der Waals surface area contributed by atoms with Crippen molar-refractivity contribution in [2.75, 3.05) is 0 Å². The van der Waals surface area contributed by atoms with Crippen LogP contribution in [0.3, 0.4) is 0 Å². The standard InChI is InChI=1S/C29H24N2O5/c1-19-15-22(11-12-23(19)36-18-20-7-3-2-4-8-20)27(32)25-26(24-10-6-14-35-24)31(29(34)28(25)33)17-21-9-5-13-30-16-21/h2-16,26,32H,17-18H2,1H3/b27-25-. The predicted molar refractivity (Wildman–Crippen MR) is 133 cm³/mol. The summed E-state index contributed by atoms with van der Waals surface area (Å²) in [7, 11) is 0. The van der Waals surface area contributed by atoms with Crippen LogP contribution in [-0.2, 0) is 22.7 Å².